The summed E-state index contributed by atoms with van der Waals surface area (Å²) in [7, 11) is 0. The van der Waals surface area contributed by atoms with Crippen molar-refractivity contribution in [2.45, 2.75) is 36.9 Å². The molecular weight excluding hydrogens is 263 g/mol. The van der Waals surface area contributed by atoms with Gasteiger partial charge in [-0.3, -0.25) is 5.10 Å². The Morgan fingerprint density at radius 3 is 2.89 bits per heavy atom. The minimum absolute atomic E-state index is 0.0475. The Bertz CT molecular complexity index is 555. The van der Waals surface area contributed by atoms with Crippen molar-refractivity contribution in [1.82, 2.24) is 20.5 Å². The van der Waals surface area contributed by atoms with Crippen LogP contribution in [0.5, 0.6) is 0 Å². The van der Waals surface area contributed by atoms with Crippen LogP contribution in [0.4, 0.5) is 4.39 Å². The Morgan fingerprint density at radius 2 is 2.26 bits per heavy atom. The fraction of sp³-hybridized carbons (Fsp3) is 0.385. The molecule has 1 heterocycles. The first-order valence-corrected chi connectivity index (χ1v) is 7.02. The molecule has 2 rings (SSSR count). The second kappa shape index (κ2) is 6.16. The Morgan fingerprint density at radius 1 is 1.47 bits per heavy atom. The molecule has 102 valence electrons. The van der Waals surface area contributed by atoms with Crippen molar-refractivity contribution in [3.63, 3.8) is 0 Å². The largest absolute Gasteiger partial charge is 0.310 e. The average molecular weight is 280 g/mol. The lowest BCUT2D eigenvalue weighted by molar-refractivity contribution is 0.531. The molecule has 0 radical (unpaired) electrons. The van der Waals surface area contributed by atoms with Gasteiger partial charge in [-0.2, -0.15) is 0 Å². The van der Waals surface area contributed by atoms with E-state index in [1.54, 1.807) is 6.07 Å². The zero-order chi connectivity index (χ0) is 13.8. The van der Waals surface area contributed by atoms with Crippen LogP contribution in [-0.4, -0.2) is 21.7 Å². The lowest BCUT2D eigenvalue weighted by atomic mass is 10.1. The molecule has 0 aliphatic carbocycles. The first-order chi connectivity index (χ1) is 9.11. The minimum atomic E-state index is -0.203. The van der Waals surface area contributed by atoms with Gasteiger partial charge in [-0.1, -0.05) is 13.0 Å². The number of nitrogens with zero attached hydrogens (tertiary/aromatic N) is 2. The molecule has 1 aromatic heterocycles. The van der Waals surface area contributed by atoms with Gasteiger partial charge in [0.05, 0.1) is 0 Å². The van der Waals surface area contributed by atoms with Crippen LogP contribution in [-0.2, 0) is 0 Å². The molecule has 2 N–H and O–H groups in total. The first kappa shape index (κ1) is 14.0. The van der Waals surface area contributed by atoms with Gasteiger partial charge in [0.2, 0.25) is 5.16 Å². The molecule has 0 bridgehead atoms. The van der Waals surface area contributed by atoms with Gasteiger partial charge in [0.25, 0.3) is 0 Å². The Hall–Kier alpha value is -1.40. The SMILES string of the molecule is CCNC(C)c1c(F)cccc1Sc1n[nH]c(C)n1. The molecule has 1 atom stereocenters. The van der Waals surface area contributed by atoms with E-state index in [1.165, 1.54) is 17.8 Å². The van der Waals surface area contributed by atoms with Crippen LogP contribution in [0.15, 0.2) is 28.3 Å². The smallest absolute Gasteiger partial charge is 0.213 e. The van der Waals surface area contributed by atoms with Crippen LogP contribution in [0.3, 0.4) is 0 Å². The average Bonchev–Trinajstić information content (AvgIpc) is 2.75. The maximum atomic E-state index is 14.0. The molecule has 0 fully saturated rings. The molecule has 2 aromatic rings. The summed E-state index contributed by atoms with van der Waals surface area (Å²) < 4.78 is 14.0. The van der Waals surface area contributed by atoms with Crippen molar-refractivity contribution < 1.29 is 4.39 Å². The number of H-pyrrole nitrogens is 1. The van der Waals surface area contributed by atoms with Gasteiger partial charge in [-0.15, -0.1) is 5.10 Å². The highest BCUT2D eigenvalue weighted by Gasteiger charge is 2.16. The first-order valence-electron chi connectivity index (χ1n) is 6.20. The number of benzene rings is 1. The van der Waals surface area contributed by atoms with Crippen LogP contribution >= 0.6 is 11.8 Å². The summed E-state index contributed by atoms with van der Waals surface area (Å²) in [6, 6.07) is 5.03. The van der Waals surface area contributed by atoms with Crippen molar-refractivity contribution in [3.05, 3.63) is 35.4 Å². The highest BCUT2D eigenvalue weighted by atomic mass is 32.2. The molecule has 0 amide bonds. The number of aromatic nitrogens is 3. The number of hydrogen-bond acceptors (Lipinski definition) is 4. The van der Waals surface area contributed by atoms with E-state index in [2.05, 4.69) is 20.5 Å². The Kier molecular flexibility index (Phi) is 4.55. The molecule has 1 aromatic carbocycles. The summed E-state index contributed by atoms with van der Waals surface area (Å²) in [5.41, 5.74) is 0.664. The van der Waals surface area contributed by atoms with E-state index in [-0.39, 0.29) is 11.9 Å². The van der Waals surface area contributed by atoms with Crippen LogP contribution in [0.25, 0.3) is 0 Å². The summed E-state index contributed by atoms with van der Waals surface area (Å²) in [6.07, 6.45) is 0. The third kappa shape index (κ3) is 3.33. The fourth-order valence-corrected chi connectivity index (χ4v) is 2.90. The molecule has 19 heavy (non-hydrogen) atoms. The van der Waals surface area contributed by atoms with E-state index in [4.69, 9.17) is 0 Å². The van der Waals surface area contributed by atoms with Gasteiger partial charge in [0, 0.05) is 16.5 Å². The van der Waals surface area contributed by atoms with E-state index in [0.717, 1.165) is 17.3 Å². The zero-order valence-electron chi connectivity index (χ0n) is 11.2. The fourth-order valence-electron chi connectivity index (χ4n) is 1.90. The normalized spacial score (nSPS) is 12.6. The molecule has 1 unspecified atom stereocenters. The van der Waals surface area contributed by atoms with Gasteiger partial charge in [-0.25, -0.2) is 9.37 Å². The molecule has 0 aliphatic heterocycles. The lowest BCUT2D eigenvalue weighted by Gasteiger charge is -2.16. The number of aromatic amines is 1. The zero-order valence-corrected chi connectivity index (χ0v) is 12.0. The number of rotatable bonds is 5. The van der Waals surface area contributed by atoms with Crippen LogP contribution in [0.1, 0.15) is 31.3 Å². The summed E-state index contributed by atoms with van der Waals surface area (Å²) in [6.45, 7) is 6.59. The summed E-state index contributed by atoms with van der Waals surface area (Å²) in [5.74, 6) is 0.547. The maximum Gasteiger partial charge on any atom is 0.213 e. The Labute approximate surface area is 116 Å². The monoisotopic (exact) mass is 280 g/mol. The predicted molar refractivity (Wildman–Crippen MR) is 73.7 cm³/mol. The number of nitrogens with one attached hydrogen (secondary N) is 2. The highest BCUT2D eigenvalue weighted by molar-refractivity contribution is 7.99. The summed E-state index contributed by atoms with van der Waals surface area (Å²) >= 11 is 1.37. The van der Waals surface area contributed by atoms with Crippen LogP contribution < -0.4 is 5.32 Å². The van der Waals surface area contributed by atoms with Crippen molar-refractivity contribution in [2.75, 3.05) is 6.54 Å². The van der Waals surface area contributed by atoms with E-state index < -0.39 is 0 Å². The van der Waals surface area contributed by atoms with Gasteiger partial charge < -0.3 is 5.32 Å². The molecule has 0 aliphatic rings. The lowest BCUT2D eigenvalue weighted by Crippen LogP contribution is -2.19. The molecular formula is C13H17FN4S. The second-order valence-corrected chi connectivity index (χ2v) is 5.25. The topological polar surface area (TPSA) is 53.6 Å². The number of halogens is 1. The van der Waals surface area contributed by atoms with Gasteiger partial charge in [0.1, 0.15) is 11.6 Å². The summed E-state index contributed by atoms with van der Waals surface area (Å²) in [4.78, 5) is 5.08. The summed E-state index contributed by atoms with van der Waals surface area (Å²) in [5, 5.41) is 10.7. The maximum absolute atomic E-state index is 14.0. The standard InChI is InChI=1S/C13H17FN4S/c1-4-15-8(2)12-10(14)6-5-7-11(12)19-13-16-9(3)17-18-13/h5-8,15H,4H2,1-3H3,(H,16,17,18). The number of hydrogen-bond donors (Lipinski definition) is 2. The van der Waals surface area contributed by atoms with E-state index in [1.807, 2.05) is 26.8 Å². The second-order valence-electron chi connectivity index (χ2n) is 4.24. The van der Waals surface area contributed by atoms with E-state index >= 15 is 0 Å². The van der Waals surface area contributed by atoms with Crippen molar-refractivity contribution in [2.24, 2.45) is 0 Å². The van der Waals surface area contributed by atoms with Gasteiger partial charge >= 0.3 is 0 Å². The quantitative estimate of drug-likeness (QED) is 0.883. The Balaban J connectivity index is 2.31. The minimum Gasteiger partial charge on any atom is -0.310 e. The molecule has 6 heteroatoms. The third-order valence-electron chi connectivity index (χ3n) is 2.73. The van der Waals surface area contributed by atoms with Crippen molar-refractivity contribution in [3.8, 4) is 0 Å². The number of aryl methyl sites for hydroxylation is 1. The van der Waals surface area contributed by atoms with Crippen LogP contribution in [0, 0.1) is 12.7 Å². The molecule has 0 saturated carbocycles. The van der Waals surface area contributed by atoms with Gasteiger partial charge in [0.15, 0.2) is 0 Å². The van der Waals surface area contributed by atoms with E-state index in [9.17, 15) is 4.39 Å². The van der Waals surface area contributed by atoms with Gasteiger partial charge in [-0.05, 0) is 44.3 Å². The molecule has 0 spiro atoms. The predicted octanol–water partition coefficient (Wildman–Crippen LogP) is 3.07. The third-order valence-corrected chi connectivity index (χ3v) is 3.68. The molecule has 0 saturated heterocycles. The van der Waals surface area contributed by atoms with Crippen LogP contribution in [0.2, 0.25) is 0 Å². The van der Waals surface area contributed by atoms with E-state index in [0.29, 0.717) is 10.7 Å². The van der Waals surface area contributed by atoms with Crippen molar-refractivity contribution in [1.29, 1.82) is 0 Å². The molecule has 4 nitrogen and oxygen atoms in total. The highest BCUT2D eigenvalue weighted by Crippen LogP contribution is 2.33. The van der Waals surface area contributed by atoms with Crippen molar-refractivity contribution >= 4 is 11.8 Å².